The Morgan fingerprint density at radius 3 is 3.14 bits per heavy atom. The second kappa shape index (κ2) is 7.36. The number of carbonyl (C=O) groups excluding carboxylic acids is 1. The number of nitrogens with zero attached hydrogens (tertiary/aromatic N) is 2. The molecule has 116 valence electrons. The molecule has 0 radical (unpaired) electrons. The number of aliphatic hydroxyl groups is 1. The first kappa shape index (κ1) is 15.7. The van der Waals surface area contributed by atoms with Crippen molar-refractivity contribution >= 4 is 11.7 Å². The van der Waals surface area contributed by atoms with Gasteiger partial charge in [0.1, 0.15) is 0 Å². The zero-order chi connectivity index (χ0) is 15.2. The summed E-state index contributed by atoms with van der Waals surface area (Å²) in [6.45, 7) is 3.73. The van der Waals surface area contributed by atoms with Crippen molar-refractivity contribution in [3.8, 4) is 0 Å². The summed E-state index contributed by atoms with van der Waals surface area (Å²) < 4.78 is 14.4. The summed E-state index contributed by atoms with van der Waals surface area (Å²) in [6.07, 6.45) is 4.04. The SMILES string of the molecule is CCCNc1nccc(C(=O)N2CCCC(CO)C2)c1F. The highest BCUT2D eigenvalue weighted by Gasteiger charge is 2.26. The highest BCUT2D eigenvalue weighted by molar-refractivity contribution is 5.95. The number of carbonyl (C=O) groups is 1. The third kappa shape index (κ3) is 3.69. The topological polar surface area (TPSA) is 65.5 Å². The van der Waals surface area contributed by atoms with Crippen molar-refractivity contribution in [2.24, 2.45) is 5.92 Å². The molecule has 2 N–H and O–H groups in total. The molecule has 0 saturated carbocycles. The van der Waals surface area contributed by atoms with Crippen LogP contribution in [0.1, 0.15) is 36.5 Å². The molecule has 1 unspecified atom stereocenters. The van der Waals surface area contributed by atoms with Crippen LogP contribution in [0.2, 0.25) is 0 Å². The number of amides is 1. The normalized spacial score (nSPS) is 18.6. The summed E-state index contributed by atoms with van der Waals surface area (Å²) >= 11 is 0. The average Bonchev–Trinajstić information content (AvgIpc) is 2.53. The van der Waals surface area contributed by atoms with Crippen LogP contribution in [0.5, 0.6) is 0 Å². The van der Waals surface area contributed by atoms with Crippen molar-refractivity contribution in [1.29, 1.82) is 0 Å². The predicted molar refractivity (Wildman–Crippen MR) is 78.7 cm³/mol. The number of hydrogen-bond donors (Lipinski definition) is 2. The number of aliphatic hydroxyl groups excluding tert-OH is 1. The molecule has 1 aliphatic heterocycles. The first-order valence-corrected chi connectivity index (χ1v) is 7.45. The highest BCUT2D eigenvalue weighted by Crippen LogP contribution is 2.21. The molecule has 1 atom stereocenters. The number of hydrogen-bond acceptors (Lipinski definition) is 4. The Balaban J connectivity index is 2.15. The molecule has 1 amide bonds. The van der Waals surface area contributed by atoms with Crippen LogP contribution in [0.25, 0.3) is 0 Å². The van der Waals surface area contributed by atoms with Crippen LogP contribution in [0.3, 0.4) is 0 Å². The molecular formula is C15H22FN3O2. The monoisotopic (exact) mass is 295 g/mol. The van der Waals surface area contributed by atoms with E-state index in [0.29, 0.717) is 19.6 Å². The van der Waals surface area contributed by atoms with Crippen LogP contribution in [0.4, 0.5) is 10.2 Å². The Labute approximate surface area is 124 Å². The van der Waals surface area contributed by atoms with Crippen LogP contribution in [-0.4, -0.2) is 47.1 Å². The largest absolute Gasteiger partial charge is 0.396 e. The lowest BCUT2D eigenvalue weighted by atomic mass is 9.98. The van der Waals surface area contributed by atoms with Gasteiger partial charge in [-0.15, -0.1) is 0 Å². The minimum atomic E-state index is -0.595. The van der Waals surface area contributed by atoms with Gasteiger partial charge < -0.3 is 15.3 Å². The smallest absolute Gasteiger partial charge is 0.257 e. The number of nitrogens with one attached hydrogen (secondary N) is 1. The summed E-state index contributed by atoms with van der Waals surface area (Å²) in [5.41, 5.74) is 0.0437. The van der Waals surface area contributed by atoms with Crippen molar-refractivity contribution in [2.45, 2.75) is 26.2 Å². The molecule has 0 aliphatic carbocycles. The van der Waals surface area contributed by atoms with E-state index >= 15 is 0 Å². The fourth-order valence-corrected chi connectivity index (χ4v) is 2.54. The third-order valence-corrected chi connectivity index (χ3v) is 3.73. The van der Waals surface area contributed by atoms with Crippen molar-refractivity contribution in [1.82, 2.24) is 9.88 Å². The predicted octanol–water partition coefficient (Wildman–Crippen LogP) is 1.89. The quantitative estimate of drug-likeness (QED) is 0.870. The number of rotatable bonds is 5. The summed E-state index contributed by atoms with van der Waals surface area (Å²) in [4.78, 5) is 18.0. The van der Waals surface area contributed by atoms with Gasteiger partial charge in [-0.2, -0.15) is 0 Å². The summed E-state index contributed by atoms with van der Waals surface area (Å²) in [5.74, 6) is -0.710. The number of aromatic nitrogens is 1. The number of piperidine rings is 1. The minimum absolute atomic E-state index is 0.0437. The lowest BCUT2D eigenvalue weighted by molar-refractivity contribution is 0.0616. The zero-order valence-electron chi connectivity index (χ0n) is 12.3. The average molecular weight is 295 g/mol. The second-order valence-corrected chi connectivity index (χ2v) is 5.39. The molecule has 1 aliphatic rings. The van der Waals surface area contributed by atoms with E-state index < -0.39 is 5.82 Å². The first-order chi connectivity index (χ1) is 10.2. The maximum atomic E-state index is 14.4. The third-order valence-electron chi connectivity index (χ3n) is 3.73. The minimum Gasteiger partial charge on any atom is -0.396 e. The van der Waals surface area contributed by atoms with Crippen LogP contribution in [-0.2, 0) is 0 Å². The molecule has 1 aromatic rings. The molecule has 0 aromatic carbocycles. The van der Waals surface area contributed by atoms with Crippen molar-refractivity contribution in [3.05, 3.63) is 23.6 Å². The Bertz CT molecular complexity index is 496. The van der Waals surface area contributed by atoms with E-state index in [9.17, 15) is 14.3 Å². The van der Waals surface area contributed by atoms with Gasteiger partial charge in [-0.05, 0) is 31.2 Å². The van der Waals surface area contributed by atoms with E-state index in [1.165, 1.54) is 12.3 Å². The number of likely N-dealkylation sites (tertiary alicyclic amines) is 1. The molecule has 6 heteroatoms. The molecule has 1 fully saturated rings. The van der Waals surface area contributed by atoms with Gasteiger partial charge in [-0.25, -0.2) is 9.37 Å². The Morgan fingerprint density at radius 1 is 1.62 bits per heavy atom. The molecule has 1 aromatic heterocycles. The summed E-state index contributed by atoms with van der Waals surface area (Å²) in [6, 6.07) is 1.41. The van der Waals surface area contributed by atoms with E-state index in [2.05, 4.69) is 10.3 Å². The second-order valence-electron chi connectivity index (χ2n) is 5.39. The number of halogens is 1. The van der Waals surface area contributed by atoms with Gasteiger partial charge in [0.2, 0.25) is 0 Å². The summed E-state index contributed by atoms with van der Waals surface area (Å²) in [5, 5.41) is 12.1. The fraction of sp³-hybridized carbons (Fsp3) is 0.600. The van der Waals surface area contributed by atoms with E-state index in [4.69, 9.17) is 0 Å². The van der Waals surface area contributed by atoms with Gasteiger partial charge in [0.05, 0.1) is 5.56 Å². The van der Waals surface area contributed by atoms with Crippen LogP contribution in [0, 0.1) is 11.7 Å². The van der Waals surface area contributed by atoms with Crippen LogP contribution in [0.15, 0.2) is 12.3 Å². The molecule has 2 rings (SSSR count). The van der Waals surface area contributed by atoms with Gasteiger partial charge >= 0.3 is 0 Å². The first-order valence-electron chi connectivity index (χ1n) is 7.45. The van der Waals surface area contributed by atoms with Crippen molar-refractivity contribution < 1.29 is 14.3 Å². The van der Waals surface area contributed by atoms with Gasteiger partial charge in [0.25, 0.3) is 5.91 Å². The molecule has 0 bridgehead atoms. The Morgan fingerprint density at radius 2 is 2.43 bits per heavy atom. The van der Waals surface area contributed by atoms with Gasteiger partial charge in [0, 0.05) is 32.4 Å². The number of pyridine rings is 1. The van der Waals surface area contributed by atoms with Crippen molar-refractivity contribution in [2.75, 3.05) is 31.6 Å². The molecule has 0 spiro atoms. The van der Waals surface area contributed by atoms with Gasteiger partial charge in [0.15, 0.2) is 11.6 Å². The summed E-state index contributed by atoms with van der Waals surface area (Å²) in [7, 11) is 0. The van der Waals surface area contributed by atoms with Crippen molar-refractivity contribution in [3.63, 3.8) is 0 Å². The molecule has 21 heavy (non-hydrogen) atoms. The Hall–Kier alpha value is -1.69. The highest BCUT2D eigenvalue weighted by atomic mass is 19.1. The van der Waals surface area contributed by atoms with E-state index in [0.717, 1.165) is 19.3 Å². The maximum Gasteiger partial charge on any atom is 0.257 e. The lowest BCUT2D eigenvalue weighted by Crippen LogP contribution is -2.41. The van der Waals surface area contributed by atoms with E-state index in [1.54, 1.807) is 4.90 Å². The zero-order valence-corrected chi connectivity index (χ0v) is 12.3. The van der Waals surface area contributed by atoms with Gasteiger partial charge in [-0.3, -0.25) is 4.79 Å². The van der Waals surface area contributed by atoms with Crippen LogP contribution >= 0.6 is 0 Å². The molecule has 1 saturated heterocycles. The lowest BCUT2D eigenvalue weighted by Gasteiger charge is -2.32. The fourth-order valence-electron chi connectivity index (χ4n) is 2.54. The Kier molecular flexibility index (Phi) is 5.50. The van der Waals surface area contributed by atoms with E-state index in [1.807, 2.05) is 6.92 Å². The number of anilines is 1. The molecular weight excluding hydrogens is 273 g/mol. The van der Waals surface area contributed by atoms with Crippen LogP contribution < -0.4 is 5.32 Å². The van der Waals surface area contributed by atoms with Gasteiger partial charge in [-0.1, -0.05) is 6.92 Å². The van der Waals surface area contributed by atoms with E-state index in [-0.39, 0.29) is 29.8 Å². The molecule has 2 heterocycles. The maximum absolute atomic E-state index is 14.4. The molecule has 5 nitrogen and oxygen atoms in total. The standard InChI is InChI=1S/C15H22FN3O2/c1-2-6-17-14-13(16)12(5-7-18-14)15(21)19-8-3-4-11(9-19)10-20/h5,7,11,20H,2-4,6,8-10H2,1H3,(H,17,18).